The molecule has 0 saturated carbocycles. The predicted octanol–water partition coefficient (Wildman–Crippen LogP) is 4.43. The number of aryl methyl sites for hydroxylation is 2. The maximum absolute atomic E-state index is 14.1. The largest absolute Gasteiger partial charge is 0.267 e. The van der Waals surface area contributed by atoms with Crippen molar-refractivity contribution in [2.24, 2.45) is 5.92 Å². The van der Waals surface area contributed by atoms with E-state index in [-0.39, 0.29) is 12.5 Å². The Kier molecular flexibility index (Phi) is 5.28. The molecule has 0 saturated heterocycles. The molecule has 0 atom stereocenters. The van der Waals surface area contributed by atoms with Crippen molar-refractivity contribution in [2.45, 2.75) is 32.6 Å². The number of hydrogen-bond donors (Lipinski definition) is 0. The molecule has 2 aromatic carbocycles. The zero-order valence-electron chi connectivity index (χ0n) is 14.2. The summed E-state index contributed by atoms with van der Waals surface area (Å²) in [5.41, 5.74) is 2.28. The number of benzene rings is 2. The summed E-state index contributed by atoms with van der Waals surface area (Å²) in [6.45, 7) is 7.69. The number of rotatable bonds is 5. The number of nitrogens with zero attached hydrogens (tertiary/aromatic N) is 1. The molecule has 3 nitrogen and oxygen atoms in total. The van der Waals surface area contributed by atoms with Gasteiger partial charge in [-0.15, -0.1) is 0 Å². The maximum atomic E-state index is 14.1. The van der Waals surface area contributed by atoms with Crippen molar-refractivity contribution in [1.82, 2.24) is 0 Å². The Bertz CT molecular complexity index is 848. The van der Waals surface area contributed by atoms with Crippen molar-refractivity contribution in [3.8, 4) is 0 Å². The third kappa shape index (κ3) is 3.75. The van der Waals surface area contributed by atoms with Crippen LogP contribution < -0.4 is 4.31 Å². The maximum Gasteiger partial charge on any atom is 0.267 e. The van der Waals surface area contributed by atoms with Crippen molar-refractivity contribution in [3.63, 3.8) is 0 Å². The molecule has 130 valence electrons. The Labute approximate surface area is 142 Å². The average molecular weight is 353 g/mol. The van der Waals surface area contributed by atoms with Gasteiger partial charge in [-0.25, -0.2) is 17.2 Å². The third-order valence-corrected chi connectivity index (χ3v) is 5.43. The minimum Gasteiger partial charge on any atom is -0.266 e. The summed E-state index contributed by atoms with van der Waals surface area (Å²) in [5, 5.41) is 0. The lowest BCUT2D eigenvalue weighted by atomic mass is 10.1. The van der Waals surface area contributed by atoms with Crippen LogP contribution in [0, 0.1) is 31.4 Å². The molecule has 24 heavy (non-hydrogen) atoms. The van der Waals surface area contributed by atoms with Crippen LogP contribution in [0.1, 0.15) is 25.0 Å². The molecule has 0 aliphatic heterocycles. The van der Waals surface area contributed by atoms with E-state index in [9.17, 15) is 17.2 Å². The lowest BCUT2D eigenvalue weighted by molar-refractivity contribution is 0.543. The first kappa shape index (κ1) is 18.4. The van der Waals surface area contributed by atoms with Gasteiger partial charge in [-0.1, -0.05) is 31.5 Å². The average Bonchev–Trinajstić information content (AvgIpc) is 2.44. The van der Waals surface area contributed by atoms with Crippen molar-refractivity contribution in [2.75, 3.05) is 10.8 Å². The van der Waals surface area contributed by atoms with Gasteiger partial charge in [-0.2, -0.15) is 0 Å². The van der Waals surface area contributed by atoms with Gasteiger partial charge in [0.2, 0.25) is 0 Å². The third-order valence-electron chi connectivity index (χ3n) is 3.61. The molecular weight excluding hydrogens is 332 g/mol. The molecule has 2 rings (SSSR count). The number of sulfonamides is 1. The minimum atomic E-state index is -4.14. The second-order valence-corrected chi connectivity index (χ2v) is 8.13. The van der Waals surface area contributed by atoms with E-state index >= 15 is 0 Å². The molecular formula is C18H21F2NO2S. The van der Waals surface area contributed by atoms with Crippen LogP contribution in [0.5, 0.6) is 0 Å². The molecule has 0 aliphatic rings. The van der Waals surface area contributed by atoms with Crippen LogP contribution in [-0.4, -0.2) is 15.0 Å². The van der Waals surface area contributed by atoms with Gasteiger partial charge in [0, 0.05) is 12.6 Å². The summed E-state index contributed by atoms with van der Waals surface area (Å²) in [6, 6.07) is 7.90. The van der Waals surface area contributed by atoms with E-state index in [0.29, 0.717) is 11.8 Å². The van der Waals surface area contributed by atoms with Crippen LogP contribution >= 0.6 is 0 Å². The van der Waals surface area contributed by atoms with Crippen molar-refractivity contribution in [1.29, 1.82) is 0 Å². The molecule has 0 radical (unpaired) electrons. The lowest BCUT2D eigenvalue weighted by Gasteiger charge is -2.28. The second-order valence-electron chi connectivity index (χ2n) is 6.29. The van der Waals surface area contributed by atoms with Gasteiger partial charge in [0.15, 0.2) is 0 Å². The molecule has 0 spiro atoms. The Morgan fingerprint density at radius 1 is 1.04 bits per heavy atom. The molecule has 0 amide bonds. The van der Waals surface area contributed by atoms with E-state index in [1.165, 1.54) is 4.31 Å². The Hall–Kier alpha value is -1.95. The summed E-state index contributed by atoms with van der Waals surface area (Å²) in [6.07, 6.45) is 0. The normalized spacial score (nSPS) is 11.8. The molecule has 6 heteroatoms. The minimum absolute atomic E-state index is 0.0315. The second kappa shape index (κ2) is 6.89. The Balaban J connectivity index is 2.62. The Morgan fingerprint density at radius 3 is 2.25 bits per heavy atom. The van der Waals surface area contributed by atoms with Crippen LogP contribution in [0.2, 0.25) is 0 Å². The first-order valence-electron chi connectivity index (χ1n) is 7.68. The van der Waals surface area contributed by atoms with Crippen LogP contribution in [0.15, 0.2) is 41.3 Å². The van der Waals surface area contributed by atoms with Crippen LogP contribution in [-0.2, 0) is 10.0 Å². The van der Waals surface area contributed by atoms with E-state index in [4.69, 9.17) is 0 Å². The van der Waals surface area contributed by atoms with Crippen LogP contribution in [0.4, 0.5) is 14.5 Å². The lowest BCUT2D eigenvalue weighted by Crippen LogP contribution is -2.35. The molecule has 0 bridgehead atoms. The molecule has 0 aromatic heterocycles. The van der Waals surface area contributed by atoms with Gasteiger partial charge < -0.3 is 0 Å². The highest BCUT2D eigenvalue weighted by molar-refractivity contribution is 7.92. The fourth-order valence-electron chi connectivity index (χ4n) is 2.55. The Morgan fingerprint density at radius 2 is 1.71 bits per heavy atom. The van der Waals surface area contributed by atoms with Gasteiger partial charge in [0.25, 0.3) is 10.0 Å². The van der Waals surface area contributed by atoms with E-state index in [0.717, 1.165) is 23.3 Å². The molecule has 0 fully saturated rings. The van der Waals surface area contributed by atoms with Crippen LogP contribution in [0.3, 0.4) is 0 Å². The van der Waals surface area contributed by atoms with Gasteiger partial charge >= 0.3 is 0 Å². The fraction of sp³-hybridized carbons (Fsp3) is 0.333. The van der Waals surface area contributed by atoms with Gasteiger partial charge in [0.1, 0.15) is 16.5 Å². The summed E-state index contributed by atoms with van der Waals surface area (Å²) in [4.78, 5) is -0.524. The quantitative estimate of drug-likeness (QED) is 0.797. The van der Waals surface area contributed by atoms with E-state index in [1.54, 1.807) is 6.07 Å². The van der Waals surface area contributed by atoms with Gasteiger partial charge in [-0.3, -0.25) is 4.31 Å². The number of hydrogen-bond acceptors (Lipinski definition) is 2. The smallest absolute Gasteiger partial charge is 0.266 e. The van der Waals surface area contributed by atoms with E-state index < -0.39 is 26.6 Å². The first-order valence-corrected chi connectivity index (χ1v) is 9.12. The number of anilines is 1. The van der Waals surface area contributed by atoms with E-state index in [2.05, 4.69) is 0 Å². The summed E-state index contributed by atoms with van der Waals surface area (Å²) < 4.78 is 54.4. The van der Waals surface area contributed by atoms with Gasteiger partial charge in [0.05, 0.1) is 5.69 Å². The zero-order valence-corrected chi connectivity index (χ0v) is 15.0. The van der Waals surface area contributed by atoms with Crippen LogP contribution in [0.25, 0.3) is 0 Å². The SMILES string of the molecule is Cc1ccc(N(CC(C)C)S(=O)(=O)c2ccc(F)cc2F)c(C)c1. The molecule has 2 aromatic rings. The van der Waals surface area contributed by atoms with Crippen molar-refractivity contribution in [3.05, 3.63) is 59.2 Å². The highest BCUT2D eigenvalue weighted by atomic mass is 32.2. The highest BCUT2D eigenvalue weighted by Crippen LogP contribution is 2.29. The standard InChI is InChI=1S/C18H21F2NO2S/c1-12(2)11-21(17-7-5-13(3)9-14(17)4)24(22,23)18-8-6-15(19)10-16(18)20/h5-10,12H,11H2,1-4H3. The van der Waals surface area contributed by atoms with Crippen molar-refractivity contribution < 1.29 is 17.2 Å². The van der Waals surface area contributed by atoms with E-state index in [1.807, 2.05) is 39.8 Å². The number of halogens is 2. The summed E-state index contributed by atoms with van der Waals surface area (Å²) >= 11 is 0. The summed E-state index contributed by atoms with van der Waals surface area (Å²) in [7, 11) is -4.14. The zero-order chi connectivity index (χ0) is 18.1. The first-order chi connectivity index (χ1) is 11.1. The fourth-order valence-corrected chi connectivity index (χ4v) is 4.29. The highest BCUT2D eigenvalue weighted by Gasteiger charge is 2.29. The monoisotopic (exact) mass is 353 g/mol. The topological polar surface area (TPSA) is 37.4 Å². The molecule has 0 heterocycles. The molecule has 0 aliphatic carbocycles. The molecule has 0 N–H and O–H groups in total. The predicted molar refractivity (Wildman–Crippen MR) is 91.6 cm³/mol. The molecule has 0 unspecified atom stereocenters. The summed E-state index contributed by atoms with van der Waals surface area (Å²) in [5.74, 6) is -1.87. The van der Waals surface area contributed by atoms with Gasteiger partial charge in [-0.05, 0) is 43.5 Å². The van der Waals surface area contributed by atoms with Crippen molar-refractivity contribution >= 4 is 15.7 Å².